The van der Waals surface area contributed by atoms with E-state index in [1.165, 1.54) is 12.1 Å². The molecule has 0 saturated carbocycles. The smallest absolute Gasteiger partial charge is 0.241 e. The maximum absolute atomic E-state index is 13.7. The number of nitrogens with zero attached hydrogens (tertiary/aromatic N) is 1. The van der Waals surface area contributed by atoms with Crippen molar-refractivity contribution in [1.82, 2.24) is 5.32 Å². The number of benzene rings is 2. The molecule has 25 heavy (non-hydrogen) atoms. The van der Waals surface area contributed by atoms with E-state index in [0.717, 1.165) is 0 Å². The van der Waals surface area contributed by atoms with Crippen LogP contribution in [0.25, 0.3) is 0 Å². The van der Waals surface area contributed by atoms with Gasteiger partial charge in [0.1, 0.15) is 5.82 Å². The summed E-state index contributed by atoms with van der Waals surface area (Å²) in [6, 6.07) is 10.3. The van der Waals surface area contributed by atoms with Crippen LogP contribution in [0.5, 0.6) is 0 Å². The average molecular weight is 380 g/mol. The number of nitriles is 1. The summed E-state index contributed by atoms with van der Waals surface area (Å²) in [6.45, 7) is 3.45. The molecule has 2 aromatic rings. The van der Waals surface area contributed by atoms with Gasteiger partial charge in [0, 0.05) is 16.8 Å². The molecule has 0 aliphatic heterocycles. The van der Waals surface area contributed by atoms with Gasteiger partial charge in [-0.1, -0.05) is 29.3 Å². The van der Waals surface area contributed by atoms with Crippen molar-refractivity contribution in [1.29, 1.82) is 5.26 Å². The zero-order valence-corrected chi connectivity index (χ0v) is 15.1. The maximum Gasteiger partial charge on any atom is 0.241 e. The molecule has 0 bridgehead atoms. The van der Waals surface area contributed by atoms with Crippen LogP contribution in [0.15, 0.2) is 36.4 Å². The van der Waals surface area contributed by atoms with Crippen molar-refractivity contribution < 1.29 is 9.18 Å². The molecule has 0 aromatic heterocycles. The minimum absolute atomic E-state index is 0.0517. The summed E-state index contributed by atoms with van der Waals surface area (Å²) in [4.78, 5) is 12.3. The Morgan fingerprint density at radius 1 is 1.20 bits per heavy atom. The fourth-order valence-electron chi connectivity index (χ4n) is 2.33. The highest BCUT2D eigenvalue weighted by molar-refractivity contribution is 6.35. The number of hydrogen-bond donors (Lipinski definition) is 2. The molecule has 0 radical (unpaired) electrons. The first-order valence-corrected chi connectivity index (χ1v) is 8.29. The SMILES string of the molecule is C[C@H](N[C@@H](C)c1cc(F)c(Cl)cc1Cl)C(=O)Nc1cccc(C#N)c1. The lowest BCUT2D eigenvalue weighted by molar-refractivity contribution is -0.117. The van der Waals surface area contributed by atoms with E-state index in [0.29, 0.717) is 21.8 Å². The molecule has 0 spiro atoms. The van der Waals surface area contributed by atoms with Crippen LogP contribution >= 0.6 is 23.2 Å². The normalized spacial score (nSPS) is 13.0. The van der Waals surface area contributed by atoms with Crippen LogP contribution in [0.1, 0.15) is 31.0 Å². The Labute approximate surface area is 155 Å². The molecule has 2 aromatic carbocycles. The Bertz CT molecular complexity index is 836. The molecule has 0 fully saturated rings. The lowest BCUT2D eigenvalue weighted by atomic mass is 10.1. The van der Waals surface area contributed by atoms with E-state index < -0.39 is 11.9 Å². The van der Waals surface area contributed by atoms with Crippen LogP contribution < -0.4 is 10.6 Å². The zero-order chi connectivity index (χ0) is 18.6. The molecule has 0 aliphatic carbocycles. The Morgan fingerprint density at radius 3 is 2.60 bits per heavy atom. The van der Waals surface area contributed by atoms with Gasteiger partial charge in [-0.05, 0) is 49.7 Å². The number of amides is 1. The first-order valence-electron chi connectivity index (χ1n) is 7.53. The second-order valence-corrected chi connectivity index (χ2v) is 6.39. The van der Waals surface area contributed by atoms with Gasteiger partial charge in [-0.3, -0.25) is 10.1 Å². The topological polar surface area (TPSA) is 64.9 Å². The standard InChI is InChI=1S/C18H16Cl2FN3O/c1-10(14-7-17(21)16(20)8-15(14)19)23-11(2)18(25)24-13-5-3-4-12(6-13)9-22/h3-8,10-11,23H,1-2H3,(H,24,25)/t10-,11-/m0/s1. The van der Waals surface area contributed by atoms with E-state index in [9.17, 15) is 9.18 Å². The number of carbonyl (C=O) groups excluding carboxylic acids is 1. The maximum atomic E-state index is 13.7. The van der Waals surface area contributed by atoms with Crippen LogP contribution in [-0.2, 0) is 4.79 Å². The predicted molar refractivity (Wildman–Crippen MR) is 97.2 cm³/mol. The number of rotatable bonds is 5. The van der Waals surface area contributed by atoms with Gasteiger partial charge in [0.25, 0.3) is 0 Å². The number of nitrogens with one attached hydrogen (secondary N) is 2. The summed E-state index contributed by atoms with van der Waals surface area (Å²) < 4.78 is 13.7. The van der Waals surface area contributed by atoms with E-state index in [1.54, 1.807) is 38.1 Å². The van der Waals surface area contributed by atoms with Crippen molar-refractivity contribution in [2.24, 2.45) is 0 Å². The molecule has 2 rings (SSSR count). The summed E-state index contributed by atoms with van der Waals surface area (Å²) in [5, 5.41) is 14.9. The summed E-state index contributed by atoms with van der Waals surface area (Å²) in [6.07, 6.45) is 0. The molecule has 0 aliphatic rings. The minimum atomic E-state index is -0.574. The van der Waals surface area contributed by atoms with Crippen molar-refractivity contribution >= 4 is 34.8 Å². The minimum Gasteiger partial charge on any atom is -0.325 e. The molecule has 1 amide bonds. The molecule has 2 N–H and O–H groups in total. The van der Waals surface area contributed by atoms with Crippen molar-refractivity contribution in [2.75, 3.05) is 5.32 Å². The molecule has 0 heterocycles. The predicted octanol–water partition coefficient (Wildman–Crippen LogP) is 4.68. The van der Waals surface area contributed by atoms with Gasteiger partial charge in [-0.25, -0.2) is 4.39 Å². The number of halogens is 3. The molecule has 0 unspecified atom stereocenters. The van der Waals surface area contributed by atoms with Gasteiger partial charge in [-0.15, -0.1) is 0 Å². The monoisotopic (exact) mass is 379 g/mol. The third-order valence-corrected chi connectivity index (χ3v) is 4.28. The Balaban J connectivity index is 2.05. The van der Waals surface area contributed by atoms with Gasteiger partial charge in [0.05, 0.1) is 22.7 Å². The highest BCUT2D eigenvalue weighted by atomic mass is 35.5. The van der Waals surface area contributed by atoms with Crippen molar-refractivity contribution in [2.45, 2.75) is 25.9 Å². The number of hydrogen-bond acceptors (Lipinski definition) is 3. The van der Waals surface area contributed by atoms with Gasteiger partial charge >= 0.3 is 0 Å². The van der Waals surface area contributed by atoms with Crippen LogP contribution in [0.4, 0.5) is 10.1 Å². The van der Waals surface area contributed by atoms with Gasteiger partial charge in [0.15, 0.2) is 0 Å². The molecular weight excluding hydrogens is 364 g/mol. The van der Waals surface area contributed by atoms with Crippen molar-refractivity contribution in [3.8, 4) is 6.07 Å². The second kappa shape index (κ2) is 8.30. The quantitative estimate of drug-likeness (QED) is 0.741. The molecule has 0 saturated heterocycles. The van der Waals surface area contributed by atoms with Crippen LogP contribution in [-0.4, -0.2) is 11.9 Å². The van der Waals surface area contributed by atoms with E-state index in [2.05, 4.69) is 10.6 Å². The molecule has 4 nitrogen and oxygen atoms in total. The van der Waals surface area contributed by atoms with E-state index in [-0.39, 0.29) is 17.0 Å². The summed E-state index contributed by atoms with van der Waals surface area (Å²) in [7, 11) is 0. The van der Waals surface area contributed by atoms with E-state index >= 15 is 0 Å². The Kier molecular flexibility index (Phi) is 6.38. The number of carbonyl (C=O) groups is 1. The van der Waals surface area contributed by atoms with Crippen molar-refractivity contribution in [3.05, 3.63) is 63.4 Å². The fraction of sp³-hybridized carbons (Fsp3) is 0.222. The molecular formula is C18H16Cl2FN3O. The second-order valence-electron chi connectivity index (χ2n) is 5.58. The van der Waals surface area contributed by atoms with Gasteiger partial charge < -0.3 is 5.32 Å². The lowest BCUT2D eigenvalue weighted by Gasteiger charge is -2.21. The lowest BCUT2D eigenvalue weighted by Crippen LogP contribution is -2.39. The summed E-state index contributed by atoms with van der Waals surface area (Å²) in [5.41, 5.74) is 1.49. The van der Waals surface area contributed by atoms with Crippen molar-refractivity contribution in [3.63, 3.8) is 0 Å². The van der Waals surface area contributed by atoms with Crippen LogP contribution in [0.3, 0.4) is 0 Å². The summed E-state index contributed by atoms with van der Waals surface area (Å²) in [5.74, 6) is -0.854. The first kappa shape index (κ1) is 19.2. The molecule has 7 heteroatoms. The van der Waals surface area contributed by atoms with Crippen LogP contribution in [0, 0.1) is 17.1 Å². The molecule has 130 valence electrons. The molecule has 2 atom stereocenters. The third-order valence-electron chi connectivity index (χ3n) is 3.66. The summed E-state index contributed by atoms with van der Waals surface area (Å²) >= 11 is 11.8. The Hall–Kier alpha value is -2.13. The number of anilines is 1. The average Bonchev–Trinajstić information content (AvgIpc) is 2.58. The highest BCUT2D eigenvalue weighted by Crippen LogP contribution is 2.28. The Morgan fingerprint density at radius 2 is 1.92 bits per heavy atom. The van der Waals surface area contributed by atoms with Crippen LogP contribution in [0.2, 0.25) is 10.0 Å². The van der Waals surface area contributed by atoms with E-state index in [4.69, 9.17) is 28.5 Å². The highest BCUT2D eigenvalue weighted by Gasteiger charge is 2.19. The largest absolute Gasteiger partial charge is 0.325 e. The third kappa shape index (κ3) is 4.93. The zero-order valence-electron chi connectivity index (χ0n) is 13.6. The fourth-order valence-corrected chi connectivity index (χ4v) is 2.87. The first-order chi connectivity index (χ1) is 11.8. The van der Waals surface area contributed by atoms with E-state index in [1.807, 2.05) is 6.07 Å². The van der Waals surface area contributed by atoms with Gasteiger partial charge in [-0.2, -0.15) is 5.26 Å². The van der Waals surface area contributed by atoms with Gasteiger partial charge in [0.2, 0.25) is 5.91 Å².